The average molecular weight is 276 g/mol. The summed E-state index contributed by atoms with van der Waals surface area (Å²) in [6.07, 6.45) is 0. The number of hydrogen-bond acceptors (Lipinski definition) is 5. The summed E-state index contributed by atoms with van der Waals surface area (Å²) >= 11 is 10.6. The maximum atomic E-state index is 11.6. The van der Waals surface area contributed by atoms with E-state index in [4.69, 9.17) is 34.3 Å². The number of anilines is 1. The molecule has 0 aliphatic rings. The lowest BCUT2D eigenvalue weighted by Gasteiger charge is -2.03. The number of aromatic nitrogens is 4. The molecule has 0 amide bonds. The minimum absolute atomic E-state index is 0.0302. The van der Waals surface area contributed by atoms with E-state index in [9.17, 15) is 4.79 Å². The van der Waals surface area contributed by atoms with Crippen LogP contribution in [0.5, 0.6) is 0 Å². The van der Waals surface area contributed by atoms with Gasteiger partial charge in [-0.05, 0) is 12.2 Å². The summed E-state index contributed by atoms with van der Waals surface area (Å²) in [6.45, 7) is 0.552. The largest absolute Gasteiger partial charge is 0.369 e. The predicted molar refractivity (Wildman–Crippen MR) is 66.6 cm³/mol. The van der Waals surface area contributed by atoms with Gasteiger partial charge in [-0.2, -0.15) is 4.98 Å². The Hall–Kier alpha value is -1.38. The minimum atomic E-state index is -0.366. The Balaban J connectivity index is 2.51. The molecule has 0 fully saturated rings. The number of H-pyrrole nitrogens is 2. The predicted octanol–water partition coefficient (Wildman–Crippen LogP) is 0.577. The van der Waals surface area contributed by atoms with Gasteiger partial charge in [-0.3, -0.25) is 14.3 Å². The molecule has 17 heavy (non-hydrogen) atoms. The second-order valence-corrected chi connectivity index (χ2v) is 4.00. The SMILES string of the molecule is Nc1nc2c([nH]c(=S)n2COCCCl)c(=O)[nH]1. The van der Waals surface area contributed by atoms with Crippen molar-refractivity contribution in [2.75, 3.05) is 18.2 Å². The molecule has 0 unspecified atom stereocenters. The third-order valence-electron chi connectivity index (χ3n) is 2.09. The van der Waals surface area contributed by atoms with Gasteiger partial charge in [0, 0.05) is 5.88 Å². The van der Waals surface area contributed by atoms with Crippen molar-refractivity contribution in [2.45, 2.75) is 6.73 Å². The molecular formula is C8H10ClN5O2S. The summed E-state index contributed by atoms with van der Waals surface area (Å²) in [5.41, 5.74) is 5.74. The summed E-state index contributed by atoms with van der Waals surface area (Å²) in [5, 5.41) is 0. The summed E-state index contributed by atoms with van der Waals surface area (Å²) in [6, 6.07) is 0. The zero-order valence-electron chi connectivity index (χ0n) is 8.70. The maximum Gasteiger partial charge on any atom is 0.278 e. The molecule has 0 bridgehead atoms. The van der Waals surface area contributed by atoms with E-state index in [1.807, 2.05) is 0 Å². The summed E-state index contributed by atoms with van der Waals surface area (Å²) in [5.74, 6) is 0.411. The second kappa shape index (κ2) is 4.86. The highest BCUT2D eigenvalue weighted by atomic mass is 35.5. The van der Waals surface area contributed by atoms with Gasteiger partial charge in [0.1, 0.15) is 6.73 Å². The van der Waals surface area contributed by atoms with Crippen LogP contribution in [-0.4, -0.2) is 32.0 Å². The number of rotatable bonds is 4. The van der Waals surface area contributed by atoms with E-state index < -0.39 is 0 Å². The fourth-order valence-electron chi connectivity index (χ4n) is 1.39. The summed E-state index contributed by atoms with van der Waals surface area (Å²) in [4.78, 5) is 20.7. The molecule has 0 saturated heterocycles. The van der Waals surface area contributed by atoms with Crippen LogP contribution < -0.4 is 11.3 Å². The van der Waals surface area contributed by atoms with Crippen LogP contribution in [0, 0.1) is 4.77 Å². The molecule has 0 spiro atoms. The summed E-state index contributed by atoms with van der Waals surface area (Å²) in [7, 11) is 0. The van der Waals surface area contributed by atoms with E-state index in [-0.39, 0.29) is 23.8 Å². The number of hydrogen-bond donors (Lipinski definition) is 3. The lowest BCUT2D eigenvalue weighted by molar-refractivity contribution is 0.0907. The third kappa shape index (κ3) is 2.33. The number of alkyl halides is 1. The summed E-state index contributed by atoms with van der Waals surface area (Å²) < 4.78 is 7.14. The lowest BCUT2D eigenvalue weighted by Crippen LogP contribution is -2.13. The van der Waals surface area contributed by atoms with Crippen molar-refractivity contribution in [1.82, 2.24) is 19.5 Å². The number of nitrogens with two attached hydrogens (primary N) is 1. The van der Waals surface area contributed by atoms with Crippen LogP contribution in [0.2, 0.25) is 0 Å². The third-order valence-corrected chi connectivity index (χ3v) is 2.57. The van der Waals surface area contributed by atoms with E-state index in [1.54, 1.807) is 4.57 Å². The normalized spacial score (nSPS) is 11.1. The fourth-order valence-corrected chi connectivity index (χ4v) is 1.74. The minimum Gasteiger partial charge on any atom is -0.369 e. The Kier molecular flexibility index (Phi) is 3.46. The highest BCUT2D eigenvalue weighted by Crippen LogP contribution is 2.08. The number of imidazole rings is 1. The van der Waals surface area contributed by atoms with Crippen LogP contribution in [0.15, 0.2) is 4.79 Å². The van der Waals surface area contributed by atoms with Crippen LogP contribution in [0.1, 0.15) is 0 Å². The molecule has 0 saturated carbocycles. The zero-order valence-corrected chi connectivity index (χ0v) is 10.3. The number of fused-ring (bicyclic) bond motifs is 1. The average Bonchev–Trinajstić information content (AvgIpc) is 2.57. The molecule has 0 aliphatic carbocycles. The molecular weight excluding hydrogens is 266 g/mol. The van der Waals surface area contributed by atoms with Gasteiger partial charge in [-0.15, -0.1) is 11.6 Å². The van der Waals surface area contributed by atoms with Gasteiger partial charge in [0.2, 0.25) is 5.95 Å². The molecule has 2 aromatic heterocycles. The molecule has 7 nitrogen and oxygen atoms in total. The molecule has 92 valence electrons. The zero-order chi connectivity index (χ0) is 12.4. The van der Waals surface area contributed by atoms with Crippen molar-refractivity contribution >= 4 is 40.9 Å². The van der Waals surface area contributed by atoms with E-state index in [2.05, 4.69) is 15.0 Å². The smallest absolute Gasteiger partial charge is 0.278 e. The second-order valence-electron chi connectivity index (χ2n) is 3.23. The van der Waals surface area contributed by atoms with Crippen LogP contribution in [-0.2, 0) is 11.5 Å². The first-order valence-electron chi connectivity index (χ1n) is 4.75. The highest BCUT2D eigenvalue weighted by molar-refractivity contribution is 7.71. The Labute approximate surface area is 106 Å². The molecule has 0 aliphatic heterocycles. The van der Waals surface area contributed by atoms with Gasteiger partial charge < -0.3 is 15.5 Å². The number of aromatic amines is 2. The number of nitrogens with one attached hydrogen (secondary N) is 2. The van der Waals surface area contributed by atoms with Crippen molar-refractivity contribution in [3.63, 3.8) is 0 Å². The Morgan fingerprint density at radius 2 is 2.29 bits per heavy atom. The molecule has 0 aromatic carbocycles. The van der Waals surface area contributed by atoms with E-state index >= 15 is 0 Å². The molecule has 0 radical (unpaired) electrons. The number of nitrogen functional groups attached to an aromatic ring is 1. The van der Waals surface area contributed by atoms with Gasteiger partial charge in [-0.1, -0.05) is 0 Å². The Bertz CT molecular complexity index is 645. The first kappa shape index (κ1) is 12.1. The van der Waals surface area contributed by atoms with Gasteiger partial charge in [0.25, 0.3) is 5.56 Å². The molecule has 4 N–H and O–H groups in total. The molecule has 2 rings (SSSR count). The highest BCUT2D eigenvalue weighted by Gasteiger charge is 2.10. The standard InChI is InChI=1S/C8H10ClN5O2S/c9-1-2-16-3-14-5-4(11-8(14)17)6(15)13-7(10)12-5/h1-3H2,(H,11,17)(H3,10,12,13,15). The molecule has 2 heterocycles. The van der Waals surface area contributed by atoms with Crippen molar-refractivity contribution in [1.29, 1.82) is 0 Å². The van der Waals surface area contributed by atoms with E-state index in [0.717, 1.165) is 0 Å². The van der Waals surface area contributed by atoms with E-state index in [1.165, 1.54) is 0 Å². The van der Waals surface area contributed by atoms with Crippen molar-refractivity contribution < 1.29 is 4.74 Å². The van der Waals surface area contributed by atoms with Crippen LogP contribution >= 0.6 is 23.8 Å². The molecule has 0 atom stereocenters. The molecule has 2 aromatic rings. The van der Waals surface area contributed by atoms with Gasteiger partial charge >= 0.3 is 0 Å². The van der Waals surface area contributed by atoms with Crippen molar-refractivity contribution in [3.05, 3.63) is 15.1 Å². The monoisotopic (exact) mass is 275 g/mol. The topological polar surface area (TPSA) is 102 Å². The van der Waals surface area contributed by atoms with Crippen LogP contribution in [0.3, 0.4) is 0 Å². The van der Waals surface area contributed by atoms with Crippen LogP contribution in [0.25, 0.3) is 11.2 Å². The van der Waals surface area contributed by atoms with Gasteiger partial charge in [0.05, 0.1) is 6.61 Å². The van der Waals surface area contributed by atoms with Gasteiger partial charge in [0.15, 0.2) is 15.9 Å². The Morgan fingerprint density at radius 1 is 1.53 bits per heavy atom. The van der Waals surface area contributed by atoms with Crippen molar-refractivity contribution in [3.8, 4) is 0 Å². The lowest BCUT2D eigenvalue weighted by atomic mass is 10.5. The fraction of sp³-hybridized carbons (Fsp3) is 0.375. The number of nitrogens with zero attached hydrogens (tertiary/aromatic N) is 2. The van der Waals surface area contributed by atoms with Crippen LogP contribution in [0.4, 0.5) is 5.95 Å². The maximum absolute atomic E-state index is 11.6. The Morgan fingerprint density at radius 3 is 3.00 bits per heavy atom. The first-order chi connectivity index (χ1) is 8.13. The van der Waals surface area contributed by atoms with E-state index in [0.29, 0.717) is 22.9 Å². The first-order valence-corrected chi connectivity index (χ1v) is 5.69. The number of halogens is 1. The molecule has 9 heteroatoms. The quantitative estimate of drug-likeness (QED) is 0.430. The number of ether oxygens (including phenoxy) is 1. The van der Waals surface area contributed by atoms with Gasteiger partial charge in [-0.25, -0.2) is 0 Å². The van der Waals surface area contributed by atoms with Crippen molar-refractivity contribution in [2.24, 2.45) is 0 Å².